The van der Waals surface area contributed by atoms with Crippen LogP contribution in [0.1, 0.15) is 0 Å². The maximum Gasteiger partial charge on any atom is 0.143 e. The summed E-state index contributed by atoms with van der Waals surface area (Å²) in [6, 6.07) is 32.2. The highest BCUT2D eigenvalue weighted by atomic mass is 16.3. The Kier molecular flexibility index (Phi) is 3.41. The van der Waals surface area contributed by atoms with Gasteiger partial charge >= 0.3 is 0 Å². The second-order valence-corrected chi connectivity index (χ2v) is 7.47. The lowest BCUT2D eigenvalue weighted by Crippen LogP contribution is -1.92. The van der Waals surface area contributed by atoms with Gasteiger partial charge in [-0.25, -0.2) is 0 Å². The first-order valence-corrected chi connectivity index (χ1v) is 9.87. The molecule has 0 spiro atoms. The standard InChI is InChI=1S/C27H19NO/c1-28-25-16-19-8-3-2-7-18(19)14-23(25)20-11-13-26-24(15-20)22-12-10-17-6-4-5-9-21(17)27(22)29-26/h2-16,28H,1H3. The topological polar surface area (TPSA) is 25.2 Å². The van der Waals surface area contributed by atoms with Crippen LogP contribution in [-0.2, 0) is 0 Å². The number of anilines is 1. The molecule has 2 heteroatoms. The zero-order valence-electron chi connectivity index (χ0n) is 16.1. The third-order valence-electron chi connectivity index (χ3n) is 5.83. The number of hydrogen-bond donors (Lipinski definition) is 1. The van der Waals surface area contributed by atoms with Crippen LogP contribution < -0.4 is 5.32 Å². The summed E-state index contributed by atoms with van der Waals surface area (Å²) in [7, 11) is 1.98. The highest BCUT2D eigenvalue weighted by molar-refractivity contribution is 6.15. The molecular weight excluding hydrogens is 354 g/mol. The Morgan fingerprint density at radius 2 is 1.38 bits per heavy atom. The van der Waals surface area contributed by atoms with E-state index in [0.29, 0.717) is 0 Å². The summed E-state index contributed by atoms with van der Waals surface area (Å²) in [5, 5.41) is 10.5. The van der Waals surface area contributed by atoms with E-state index >= 15 is 0 Å². The monoisotopic (exact) mass is 373 g/mol. The Morgan fingerprint density at radius 3 is 2.21 bits per heavy atom. The van der Waals surface area contributed by atoms with Gasteiger partial charge in [0.1, 0.15) is 11.2 Å². The lowest BCUT2D eigenvalue weighted by atomic mass is 9.97. The van der Waals surface area contributed by atoms with Crippen molar-refractivity contribution in [3.8, 4) is 11.1 Å². The minimum absolute atomic E-state index is 0.923. The molecule has 1 N–H and O–H groups in total. The Labute approximate surface area is 168 Å². The molecule has 0 saturated carbocycles. The van der Waals surface area contributed by atoms with Crippen molar-refractivity contribution < 1.29 is 4.42 Å². The summed E-state index contributed by atoms with van der Waals surface area (Å²) >= 11 is 0. The lowest BCUT2D eigenvalue weighted by Gasteiger charge is -2.12. The summed E-state index contributed by atoms with van der Waals surface area (Å²) in [5.41, 5.74) is 5.39. The first-order valence-electron chi connectivity index (χ1n) is 9.87. The molecule has 5 aromatic carbocycles. The van der Waals surface area contributed by atoms with Crippen molar-refractivity contribution in [2.45, 2.75) is 0 Å². The number of nitrogens with one attached hydrogen (secondary N) is 1. The van der Waals surface area contributed by atoms with Crippen LogP contribution in [0.3, 0.4) is 0 Å². The van der Waals surface area contributed by atoms with Gasteiger partial charge in [0.15, 0.2) is 0 Å². The quantitative estimate of drug-likeness (QED) is 0.338. The SMILES string of the molecule is CNc1cc2ccccc2cc1-c1ccc2oc3c4ccccc4ccc3c2c1. The highest BCUT2D eigenvalue weighted by Gasteiger charge is 2.13. The highest BCUT2D eigenvalue weighted by Crippen LogP contribution is 2.38. The molecular formula is C27H19NO. The largest absolute Gasteiger partial charge is 0.455 e. The maximum atomic E-state index is 6.27. The molecule has 0 bridgehead atoms. The van der Waals surface area contributed by atoms with E-state index in [1.807, 2.05) is 7.05 Å². The average Bonchev–Trinajstić information content (AvgIpc) is 3.16. The Bertz CT molecular complexity index is 1540. The van der Waals surface area contributed by atoms with E-state index in [-0.39, 0.29) is 0 Å². The number of benzene rings is 5. The van der Waals surface area contributed by atoms with Gasteiger partial charge in [0, 0.05) is 34.5 Å². The molecule has 1 aromatic heterocycles. The zero-order valence-corrected chi connectivity index (χ0v) is 16.1. The van der Waals surface area contributed by atoms with Crippen LogP contribution >= 0.6 is 0 Å². The van der Waals surface area contributed by atoms with Gasteiger partial charge in [0.05, 0.1) is 0 Å². The molecule has 0 atom stereocenters. The number of hydrogen-bond acceptors (Lipinski definition) is 2. The van der Waals surface area contributed by atoms with Gasteiger partial charge in [-0.3, -0.25) is 0 Å². The second-order valence-electron chi connectivity index (χ2n) is 7.47. The Hall–Kier alpha value is -3.78. The van der Waals surface area contributed by atoms with Gasteiger partial charge < -0.3 is 9.73 Å². The summed E-state index contributed by atoms with van der Waals surface area (Å²) in [5.74, 6) is 0. The molecule has 6 aromatic rings. The van der Waals surface area contributed by atoms with E-state index in [4.69, 9.17) is 4.42 Å². The van der Waals surface area contributed by atoms with Crippen LogP contribution in [0.2, 0.25) is 0 Å². The minimum atomic E-state index is 0.923. The van der Waals surface area contributed by atoms with Crippen LogP contribution in [0.25, 0.3) is 54.6 Å². The second kappa shape index (κ2) is 6.11. The fourth-order valence-electron chi connectivity index (χ4n) is 4.36. The smallest absolute Gasteiger partial charge is 0.143 e. The fourth-order valence-corrected chi connectivity index (χ4v) is 4.36. The van der Waals surface area contributed by atoms with Crippen LogP contribution in [0, 0.1) is 0 Å². The molecule has 0 saturated heterocycles. The van der Waals surface area contributed by atoms with Crippen molar-refractivity contribution >= 4 is 49.2 Å². The summed E-state index contributed by atoms with van der Waals surface area (Å²) in [4.78, 5) is 0. The molecule has 2 nitrogen and oxygen atoms in total. The molecule has 6 rings (SSSR count). The van der Waals surface area contributed by atoms with Gasteiger partial charge in [-0.05, 0) is 52.1 Å². The zero-order chi connectivity index (χ0) is 19.4. The maximum absolute atomic E-state index is 6.27. The summed E-state index contributed by atoms with van der Waals surface area (Å²) in [6.45, 7) is 0. The number of furan rings is 1. The van der Waals surface area contributed by atoms with Gasteiger partial charge in [-0.1, -0.05) is 60.7 Å². The van der Waals surface area contributed by atoms with Crippen molar-refractivity contribution in [3.63, 3.8) is 0 Å². The van der Waals surface area contributed by atoms with Crippen molar-refractivity contribution in [1.29, 1.82) is 0 Å². The number of rotatable bonds is 2. The summed E-state index contributed by atoms with van der Waals surface area (Å²) < 4.78 is 6.27. The molecule has 0 radical (unpaired) electrons. The molecule has 0 aliphatic heterocycles. The molecule has 0 unspecified atom stereocenters. The predicted molar refractivity (Wildman–Crippen MR) is 124 cm³/mol. The van der Waals surface area contributed by atoms with Gasteiger partial charge in [-0.15, -0.1) is 0 Å². The van der Waals surface area contributed by atoms with Crippen LogP contribution in [0.15, 0.2) is 95.4 Å². The third-order valence-corrected chi connectivity index (χ3v) is 5.83. The average molecular weight is 373 g/mol. The van der Waals surface area contributed by atoms with E-state index in [9.17, 15) is 0 Å². The van der Waals surface area contributed by atoms with Crippen molar-refractivity contribution in [2.24, 2.45) is 0 Å². The van der Waals surface area contributed by atoms with E-state index < -0.39 is 0 Å². The van der Waals surface area contributed by atoms with E-state index in [1.54, 1.807) is 0 Å². The van der Waals surface area contributed by atoms with Crippen molar-refractivity contribution in [3.05, 3.63) is 91.0 Å². The third kappa shape index (κ3) is 2.43. The molecule has 0 aliphatic rings. The van der Waals surface area contributed by atoms with Crippen molar-refractivity contribution in [1.82, 2.24) is 0 Å². The Balaban J connectivity index is 1.64. The molecule has 29 heavy (non-hydrogen) atoms. The Morgan fingerprint density at radius 1 is 0.621 bits per heavy atom. The first-order chi connectivity index (χ1) is 14.3. The van der Waals surface area contributed by atoms with Gasteiger partial charge in [0.2, 0.25) is 0 Å². The molecule has 1 heterocycles. The van der Waals surface area contributed by atoms with E-state index in [2.05, 4.69) is 96.3 Å². The normalized spacial score (nSPS) is 11.6. The molecule has 0 fully saturated rings. The summed E-state index contributed by atoms with van der Waals surface area (Å²) in [6.07, 6.45) is 0. The lowest BCUT2D eigenvalue weighted by molar-refractivity contribution is 0.672. The van der Waals surface area contributed by atoms with Gasteiger partial charge in [0.25, 0.3) is 0 Å². The van der Waals surface area contributed by atoms with Gasteiger partial charge in [-0.2, -0.15) is 0 Å². The van der Waals surface area contributed by atoms with Crippen LogP contribution in [-0.4, -0.2) is 7.05 Å². The fraction of sp³-hybridized carbons (Fsp3) is 0.0370. The van der Waals surface area contributed by atoms with Crippen molar-refractivity contribution in [2.75, 3.05) is 12.4 Å². The number of fused-ring (bicyclic) bond motifs is 6. The first kappa shape index (κ1) is 16.2. The molecule has 138 valence electrons. The predicted octanol–water partition coefficient (Wildman–Crippen LogP) is 7.60. The molecule has 0 amide bonds. The van der Waals surface area contributed by atoms with E-state index in [1.165, 1.54) is 27.3 Å². The minimum Gasteiger partial charge on any atom is -0.455 e. The molecule has 0 aliphatic carbocycles. The van der Waals surface area contributed by atoms with Crippen LogP contribution in [0.4, 0.5) is 5.69 Å². The van der Waals surface area contributed by atoms with Crippen LogP contribution in [0.5, 0.6) is 0 Å². The van der Waals surface area contributed by atoms with E-state index in [0.717, 1.165) is 33.0 Å².